The van der Waals surface area contributed by atoms with E-state index in [1.165, 1.54) is 0 Å². The van der Waals surface area contributed by atoms with Crippen molar-refractivity contribution in [2.45, 2.75) is 109 Å². The maximum atomic E-state index is 12.7. The fourth-order valence-corrected chi connectivity index (χ4v) is 6.76. The first-order chi connectivity index (χ1) is 19.0. The number of hydrogen-bond donors (Lipinski definition) is 1. The van der Waals surface area contributed by atoms with Crippen LogP contribution in [0.4, 0.5) is 0 Å². The molecule has 6 rings (SSSR count). The molecule has 13 heteroatoms. The standard InChI is InChI=1S/C27H38N2O11/c1-15-6-7-18-16(2)24(36-25-27(18)17(15)12-13-26(3,37-25)39-40-27)35-22(33)11-8-19(30)28-14-4-5-23(34)38-29-20(31)9-10-21(29)32/h15-18,24-25H,4-14H2,1-3H3,(H,28,30)/t15-,16+,17+,18-,24-,25+,26+,27-/m1/s1. The van der Waals surface area contributed by atoms with E-state index in [0.29, 0.717) is 17.4 Å². The van der Waals surface area contributed by atoms with Crippen LogP contribution >= 0.6 is 0 Å². The molecule has 3 amide bonds. The van der Waals surface area contributed by atoms with Gasteiger partial charge in [0.15, 0.2) is 11.9 Å². The molecular weight excluding hydrogens is 528 g/mol. The van der Waals surface area contributed by atoms with Crippen molar-refractivity contribution in [2.75, 3.05) is 6.54 Å². The Morgan fingerprint density at radius 3 is 2.48 bits per heavy atom. The third-order valence-corrected chi connectivity index (χ3v) is 8.98. The monoisotopic (exact) mass is 566 g/mol. The Morgan fingerprint density at radius 2 is 1.73 bits per heavy atom. The summed E-state index contributed by atoms with van der Waals surface area (Å²) in [6.45, 7) is 6.20. The normalized spacial score (nSPS) is 38.4. The summed E-state index contributed by atoms with van der Waals surface area (Å²) in [5.41, 5.74) is -0.748. The number of hydrogen-bond acceptors (Lipinski definition) is 11. The molecule has 6 fully saturated rings. The maximum Gasteiger partial charge on any atom is 0.333 e. The Labute approximate surface area is 232 Å². The minimum absolute atomic E-state index is 0.0181. The van der Waals surface area contributed by atoms with Gasteiger partial charge in [-0.1, -0.05) is 13.8 Å². The molecule has 1 N–H and O–H groups in total. The minimum Gasteiger partial charge on any atom is -0.435 e. The van der Waals surface area contributed by atoms with Crippen molar-refractivity contribution in [3.63, 3.8) is 0 Å². The summed E-state index contributed by atoms with van der Waals surface area (Å²) in [5, 5.41) is 3.12. The number of esters is 1. The van der Waals surface area contributed by atoms with Crippen molar-refractivity contribution in [1.82, 2.24) is 10.4 Å². The molecule has 0 radical (unpaired) electrons. The number of carbonyl (C=O) groups excluding carboxylic acids is 5. The molecule has 1 aliphatic carbocycles. The topological polar surface area (TPSA) is 156 Å². The largest absolute Gasteiger partial charge is 0.435 e. The third kappa shape index (κ3) is 5.48. The van der Waals surface area contributed by atoms with E-state index in [0.717, 1.165) is 19.3 Å². The molecule has 5 heterocycles. The molecule has 8 atom stereocenters. The average Bonchev–Trinajstić information content (AvgIpc) is 3.07. The summed E-state index contributed by atoms with van der Waals surface area (Å²) in [5.74, 6) is -3.21. The molecule has 13 nitrogen and oxygen atoms in total. The van der Waals surface area contributed by atoms with E-state index < -0.39 is 47.7 Å². The van der Waals surface area contributed by atoms with Gasteiger partial charge in [-0.05, 0) is 44.4 Å². The summed E-state index contributed by atoms with van der Waals surface area (Å²) >= 11 is 0. The SMILES string of the molecule is C[C@@H]1[C@H](OC(=O)CCC(=O)NCCCC(=O)ON2C(=O)CCC2=O)O[C@H]2O[C@]3(C)CC[C@H]4[C@H](C)CC[C@H]1[C@@]24OO3. The highest BCUT2D eigenvalue weighted by Gasteiger charge is 2.69. The van der Waals surface area contributed by atoms with Gasteiger partial charge in [-0.3, -0.25) is 19.2 Å². The van der Waals surface area contributed by atoms with Crippen molar-refractivity contribution in [3.8, 4) is 0 Å². The Morgan fingerprint density at radius 1 is 0.975 bits per heavy atom. The van der Waals surface area contributed by atoms with Gasteiger partial charge in [-0.25, -0.2) is 14.6 Å². The Hall–Kier alpha value is -2.61. The van der Waals surface area contributed by atoms with Gasteiger partial charge in [0.05, 0.1) is 6.42 Å². The van der Waals surface area contributed by atoms with Gasteiger partial charge in [0.25, 0.3) is 11.8 Å². The van der Waals surface area contributed by atoms with Crippen LogP contribution in [0.2, 0.25) is 0 Å². The summed E-state index contributed by atoms with van der Waals surface area (Å²) in [7, 11) is 0. The van der Waals surface area contributed by atoms with Crippen LogP contribution in [0.5, 0.6) is 0 Å². The third-order valence-electron chi connectivity index (χ3n) is 8.98. The van der Waals surface area contributed by atoms with E-state index >= 15 is 0 Å². The van der Waals surface area contributed by atoms with E-state index in [9.17, 15) is 24.0 Å². The van der Waals surface area contributed by atoms with Crippen molar-refractivity contribution < 1.29 is 52.8 Å². The zero-order chi connectivity index (χ0) is 28.7. The van der Waals surface area contributed by atoms with Crippen LogP contribution in [0.3, 0.4) is 0 Å². The highest BCUT2D eigenvalue weighted by Crippen LogP contribution is 2.60. The fraction of sp³-hybridized carbons (Fsp3) is 0.815. The Kier molecular flexibility index (Phi) is 8.20. The first-order valence-corrected chi connectivity index (χ1v) is 14.3. The van der Waals surface area contributed by atoms with Gasteiger partial charge in [0, 0.05) is 50.5 Å². The molecule has 0 aromatic rings. The number of nitrogens with zero attached hydrogens (tertiary/aromatic N) is 1. The van der Waals surface area contributed by atoms with Crippen LogP contribution in [0.1, 0.15) is 85.0 Å². The molecule has 222 valence electrons. The highest BCUT2D eigenvalue weighted by molar-refractivity contribution is 6.01. The molecule has 0 aromatic heterocycles. The summed E-state index contributed by atoms with van der Waals surface area (Å²) in [6.07, 6.45) is 1.89. The van der Waals surface area contributed by atoms with Gasteiger partial charge in [-0.15, -0.1) is 5.06 Å². The van der Waals surface area contributed by atoms with Crippen molar-refractivity contribution in [3.05, 3.63) is 0 Å². The molecule has 0 aromatic carbocycles. The van der Waals surface area contributed by atoms with Crippen LogP contribution in [0.15, 0.2) is 0 Å². The second-order valence-corrected chi connectivity index (χ2v) is 11.8. The molecule has 0 unspecified atom stereocenters. The number of amides is 3. The van der Waals surface area contributed by atoms with Gasteiger partial charge in [-0.2, -0.15) is 0 Å². The molecule has 6 aliphatic rings. The molecular formula is C27H38N2O11. The zero-order valence-electron chi connectivity index (χ0n) is 23.2. The minimum atomic E-state index is -0.926. The lowest BCUT2D eigenvalue weighted by Gasteiger charge is -2.59. The van der Waals surface area contributed by atoms with Gasteiger partial charge < -0.3 is 24.4 Å². The molecule has 1 spiro atoms. The van der Waals surface area contributed by atoms with Crippen LogP contribution < -0.4 is 5.32 Å². The summed E-state index contributed by atoms with van der Waals surface area (Å²) < 4.78 is 18.2. The maximum absolute atomic E-state index is 12.7. The van der Waals surface area contributed by atoms with Crippen LogP contribution in [0, 0.1) is 23.7 Å². The predicted octanol–water partition coefficient (Wildman–Crippen LogP) is 2.02. The quantitative estimate of drug-likeness (QED) is 0.188. The van der Waals surface area contributed by atoms with Crippen molar-refractivity contribution in [1.29, 1.82) is 0 Å². The number of imide groups is 1. The lowest BCUT2D eigenvalue weighted by atomic mass is 9.58. The Bertz CT molecular complexity index is 1040. The van der Waals surface area contributed by atoms with E-state index in [1.807, 2.05) is 13.8 Å². The van der Waals surface area contributed by atoms with Crippen molar-refractivity contribution >= 4 is 29.7 Å². The molecule has 40 heavy (non-hydrogen) atoms. The summed E-state index contributed by atoms with van der Waals surface area (Å²) in [4.78, 5) is 76.4. The van der Waals surface area contributed by atoms with E-state index in [4.69, 9.17) is 28.8 Å². The van der Waals surface area contributed by atoms with Crippen LogP contribution in [-0.2, 0) is 52.8 Å². The van der Waals surface area contributed by atoms with Gasteiger partial charge in [0.1, 0.15) is 0 Å². The van der Waals surface area contributed by atoms with Crippen LogP contribution in [0.25, 0.3) is 0 Å². The second-order valence-electron chi connectivity index (χ2n) is 11.8. The number of ether oxygens (including phenoxy) is 3. The molecule has 1 saturated carbocycles. The lowest BCUT2D eigenvalue weighted by molar-refractivity contribution is -0.576. The van der Waals surface area contributed by atoms with E-state index in [-0.39, 0.29) is 68.7 Å². The van der Waals surface area contributed by atoms with Gasteiger partial charge in [0.2, 0.25) is 18.0 Å². The molecule has 5 saturated heterocycles. The number of nitrogens with one attached hydrogen (secondary N) is 1. The first-order valence-electron chi connectivity index (χ1n) is 14.3. The van der Waals surface area contributed by atoms with Gasteiger partial charge >= 0.3 is 11.9 Å². The molecule has 5 aliphatic heterocycles. The second kappa shape index (κ2) is 11.3. The first kappa shape index (κ1) is 28.9. The highest BCUT2D eigenvalue weighted by atomic mass is 17.3. The average molecular weight is 567 g/mol. The number of carbonyl (C=O) groups is 5. The van der Waals surface area contributed by atoms with E-state index in [2.05, 4.69) is 12.2 Å². The zero-order valence-corrected chi connectivity index (χ0v) is 23.2. The van der Waals surface area contributed by atoms with Crippen LogP contribution in [-0.4, -0.2) is 65.2 Å². The summed E-state index contributed by atoms with van der Waals surface area (Å²) in [6, 6.07) is 0. The van der Waals surface area contributed by atoms with Crippen molar-refractivity contribution in [2.24, 2.45) is 23.7 Å². The number of fused-ring (bicyclic) bond motifs is 2. The number of rotatable bonds is 9. The lowest BCUT2D eigenvalue weighted by Crippen LogP contribution is -2.70. The smallest absolute Gasteiger partial charge is 0.333 e. The fourth-order valence-electron chi connectivity index (χ4n) is 6.76. The predicted molar refractivity (Wildman–Crippen MR) is 132 cm³/mol. The molecule has 2 bridgehead atoms. The Balaban J connectivity index is 1.06. The number of hydroxylamine groups is 2. The van der Waals surface area contributed by atoms with E-state index in [1.54, 1.807) is 0 Å².